The first-order chi connectivity index (χ1) is 11.5. The molecular formula is C17H22F6N2. The SMILES string of the molecule is CC(C)C[C@@H](c1ccc(C(F)(F)F)cc1C(F)(F)F)N1CCNCC1. The minimum absolute atomic E-state index is 0.0731. The van der Waals surface area contributed by atoms with Crippen molar-refractivity contribution >= 4 is 0 Å². The zero-order chi connectivity index (χ0) is 18.8. The summed E-state index contributed by atoms with van der Waals surface area (Å²) in [5.74, 6) is 0.114. The molecular weight excluding hydrogens is 346 g/mol. The predicted molar refractivity (Wildman–Crippen MR) is 83.1 cm³/mol. The summed E-state index contributed by atoms with van der Waals surface area (Å²) in [5.41, 5.74) is -2.53. The molecule has 0 aliphatic carbocycles. The lowest BCUT2D eigenvalue weighted by atomic mass is 9.90. The van der Waals surface area contributed by atoms with Crippen LogP contribution in [0.4, 0.5) is 26.3 Å². The Labute approximate surface area is 143 Å². The molecule has 25 heavy (non-hydrogen) atoms. The van der Waals surface area contributed by atoms with Gasteiger partial charge in [0.25, 0.3) is 0 Å². The maximum absolute atomic E-state index is 13.5. The Morgan fingerprint density at radius 3 is 2.08 bits per heavy atom. The van der Waals surface area contributed by atoms with Crippen LogP contribution in [0, 0.1) is 5.92 Å². The lowest BCUT2D eigenvalue weighted by Gasteiger charge is -2.37. The molecule has 1 N–H and O–H groups in total. The topological polar surface area (TPSA) is 15.3 Å². The summed E-state index contributed by atoms with van der Waals surface area (Å²) in [6.07, 6.45) is -9.19. The number of halogens is 6. The molecule has 1 aliphatic rings. The van der Waals surface area contributed by atoms with E-state index >= 15 is 0 Å². The van der Waals surface area contributed by atoms with E-state index in [1.807, 2.05) is 18.7 Å². The van der Waals surface area contributed by atoms with Gasteiger partial charge >= 0.3 is 12.4 Å². The van der Waals surface area contributed by atoms with Crippen LogP contribution in [0.2, 0.25) is 0 Å². The van der Waals surface area contributed by atoms with Gasteiger partial charge < -0.3 is 5.32 Å². The molecule has 1 aliphatic heterocycles. The highest BCUT2D eigenvalue weighted by molar-refractivity contribution is 5.37. The molecule has 1 heterocycles. The first kappa shape index (κ1) is 20.0. The van der Waals surface area contributed by atoms with Crippen molar-refractivity contribution < 1.29 is 26.3 Å². The number of benzene rings is 1. The van der Waals surface area contributed by atoms with Gasteiger partial charge in [0.05, 0.1) is 11.1 Å². The summed E-state index contributed by atoms with van der Waals surface area (Å²) in [5, 5.41) is 3.14. The van der Waals surface area contributed by atoms with E-state index in [9.17, 15) is 26.3 Å². The van der Waals surface area contributed by atoms with Gasteiger partial charge in [0.2, 0.25) is 0 Å². The summed E-state index contributed by atoms with van der Waals surface area (Å²) in [7, 11) is 0. The first-order valence-corrected chi connectivity index (χ1v) is 8.23. The van der Waals surface area contributed by atoms with Gasteiger partial charge in [-0.25, -0.2) is 0 Å². The minimum Gasteiger partial charge on any atom is -0.314 e. The maximum atomic E-state index is 13.5. The summed E-state index contributed by atoms with van der Waals surface area (Å²) in [6, 6.07) is 1.44. The number of alkyl halides is 6. The van der Waals surface area contributed by atoms with Crippen LogP contribution >= 0.6 is 0 Å². The molecule has 2 rings (SSSR count). The number of hydrogen-bond acceptors (Lipinski definition) is 2. The van der Waals surface area contributed by atoms with E-state index in [4.69, 9.17) is 0 Å². The third-order valence-electron chi connectivity index (χ3n) is 4.33. The minimum atomic E-state index is -4.83. The molecule has 0 spiro atoms. The van der Waals surface area contributed by atoms with Crippen molar-refractivity contribution in [3.8, 4) is 0 Å². The van der Waals surface area contributed by atoms with Crippen LogP contribution in [0.15, 0.2) is 18.2 Å². The third kappa shape index (κ3) is 5.10. The smallest absolute Gasteiger partial charge is 0.314 e. The Balaban J connectivity index is 2.51. The van der Waals surface area contributed by atoms with E-state index < -0.39 is 29.5 Å². The average molecular weight is 368 g/mol. The molecule has 0 unspecified atom stereocenters. The Morgan fingerprint density at radius 2 is 1.60 bits per heavy atom. The van der Waals surface area contributed by atoms with Gasteiger partial charge in [-0.15, -0.1) is 0 Å². The standard InChI is InChI=1S/C17H22F6N2/c1-11(2)9-15(25-7-5-24-6-8-25)13-4-3-12(16(18,19)20)10-14(13)17(21,22)23/h3-4,10-11,15,24H,5-9H2,1-2H3/t15-/m0/s1. The lowest BCUT2D eigenvalue weighted by molar-refractivity contribution is -0.143. The molecule has 0 radical (unpaired) electrons. The van der Waals surface area contributed by atoms with E-state index in [1.54, 1.807) is 0 Å². The normalized spacial score (nSPS) is 18.6. The van der Waals surface area contributed by atoms with Gasteiger partial charge in [0, 0.05) is 32.2 Å². The van der Waals surface area contributed by atoms with Gasteiger partial charge in [-0.2, -0.15) is 26.3 Å². The summed E-state index contributed by atoms with van der Waals surface area (Å²) < 4.78 is 79.1. The van der Waals surface area contributed by atoms with E-state index in [2.05, 4.69) is 5.32 Å². The van der Waals surface area contributed by atoms with Crippen LogP contribution in [0.25, 0.3) is 0 Å². The lowest BCUT2D eigenvalue weighted by Crippen LogP contribution is -2.45. The molecule has 2 nitrogen and oxygen atoms in total. The van der Waals surface area contributed by atoms with Crippen LogP contribution in [-0.2, 0) is 12.4 Å². The Bertz CT molecular complexity index is 573. The van der Waals surface area contributed by atoms with E-state index in [-0.39, 0.29) is 17.5 Å². The van der Waals surface area contributed by atoms with Crippen molar-refractivity contribution in [1.82, 2.24) is 10.2 Å². The number of hydrogen-bond donors (Lipinski definition) is 1. The summed E-state index contributed by atoms with van der Waals surface area (Å²) in [6.45, 7) is 6.22. The van der Waals surface area contributed by atoms with E-state index in [1.165, 1.54) is 0 Å². The number of nitrogens with one attached hydrogen (secondary N) is 1. The molecule has 1 atom stereocenters. The molecule has 0 bridgehead atoms. The molecule has 142 valence electrons. The molecule has 1 fully saturated rings. The Morgan fingerprint density at radius 1 is 1.00 bits per heavy atom. The highest BCUT2D eigenvalue weighted by atomic mass is 19.4. The quantitative estimate of drug-likeness (QED) is 0.774. The van der Waals surface area contributed by atoms with Gasteiger partial charge in [0.1, 0.15) is 0 Å². The molecule has 0 aromatic heterocycles. The van der Waals surface area contributed by atoms with Gasteiger partial charge in [-0.1, -0.05) is 19.9 Å². The van der Waals surface area contributed by atoms with Crippen molar-refractivity contribution in [3.05, 3.63) is 34.9 Å². The highest BCUT2D eigenvalue weighted by Gasteiger charge is 2.40. The molecule has 1 aromatic rings. The fourth-order valence-electron chi connectivity index (χ4n) is 3.18. The van der Waals surface area contributed by atoms with Crippen LogP contribution in [0.5, 0.6) is 0 Å². The number of rotatable bonds is 4. The third-order valence-corrected chi connectivity index (χ3v) is 4.33. The largest absolute Gasteiger partial charge is 0.416 e. The Hall–Kier alpha value is -1.28. The summed E-state index contributed by atoms with van der Waals surface area (Å²) >= 11 is 0. The second kappa shape index (κ2) is 7.53. The van der Waals surface area contributed by atoms with Gasteiger partial charge in [-0.05, 0) is 30.0 Å². The van der Waals surface area contributed by atoms with E-state index in [0.29, 0.717) is 32.6 Å². The second-order valence-electron chi connectivity index (χ2n) is 6.73. The van der Waals surface area contributed by atoms with Crippen molar-refractivity contribution in [2.45, 2.75) is 38.7 Å². The van der Waals surface area contributed by atoms with Crippen molar-refractivity contribution in [2.24, 2.45) is 5.92 Å². The number of nitrogens with zero attached hydrogens (tertiary/aromatic N) is 1. The second-order valence-corrected chi connectivity index (χ2v) is 6.73. The van der Waals surface area contributed by atoms with Gasteiger partial charge in [-0.3, -0.25) is 4.90 Å². The van der Waals surface area contributed by atoms with E-state index in [0.717, 1.165) is 12.1 Å². The van der Waals surface area contributed by atoms with Crippen molar-refractivity contribution in [2.75, 3.05) is 26.2 Å². The maximum Gasteiger partial charge on any atom is 0.416 e. The zero-order valence-electron chi connectivity index (χ0n) is 14.1. The highest BCUT2D eigenvalue weighted by Crippen LogP contribution is 2.41. The fraction of sp³-hybridized carbons (Fsp3) is 0.647. The molecule has 1 aromatic carbocycles. The van der Waals surface area contributed by atoms with Gasteiger partial charge in [0.15, 0.2) is 0 Å². The fourth-order valence-corrected chi connectivity index (χ4v) is 3.18. The van der Waals surface area contributed by atoms with Crippen molar-refractivity contribution in [3.63, 3.8) is 0 Å². The zero-order valence-corrected chi connectivity index (χ0v) is 14.1. The van der Waals surface area contributed by atoms with Crippen LogP contribution in [0.3, 0.4) is 0 Å². The Kier molecular flexibility index (Phi) is 6.04. The molecule has 0 amide bonds. The van der Waals surface area contributed by atoms with Crippen LogP contribution in [0.1, 0.15) is 43.0 Å². The molecule has 0 saturated carbocycles. The molecule has 1 saturated heterocycles. The monoisotopic (exact) mass is 368 g/mol. The van der Waals surface area contributed by atoms with Crippen LogP contribution in [-0.4, -0.2) is 31.1 Å². The average Bonchev–Trinajstić information content (AvgIpc) is 2.51. The number of piperazine rings is 1. The summed E-state index contributed by atoms with van der Waals surface area (Å²) in [4.78, 5) is 1.92. The molecule has 8 heteroatoms. The first-order valence-electron chi connectivity index (χ1n) is 8.23. The van der Waals surface area contributed by atoms with Crippen molar-refractivity contribution in [1.29, 1.82) is 0 Å². The van der Waals surface area contributed by atoms with Crippen LogP contribution < -0.4 is 5.32 Å². The predicted octanol–water partition coefficient (Wildman–Crippen LogP) is 4.72.